The van der Waals surface area contributed by atoms with E-state index in [1.807, 2.05) is 25.1 Å². The first-order chi connectivity index (χ1) is 11.5. The molecule has 1 atom stereocenters. The normalized spacial score (nSPS) is 12.7. The molecule has 3 aromatic rings. The van der Waals surface area contributed by atoms with Gasteiger partial charge in [0.25, 0.3) is 0 Å². The van der Waals surface area contributed by atoms with Gasteiger partial charge in [-0.3, -0.25) is 4.79 Å². The number of aryl methyl sites for hydroxylation is 1. The highest BCUT2D eigenvalue weighted by Gasteiger charge is 2.20. The molecule has 0 fully saturated rings. The third kappa shape index (κ3) is 2.96. The molecule has 1 aromatic carbocycles. The molecule has 0 saturated carbocycles. The summed E-state index contributed by atoms with van der Waals surface area (Å²) in [5.74, 6) is 0.0396. The first kappa shape index (κ1) is 16.7. The van der Waals surface area contributed by atoms with Crippen molar-refractivity contribution < 1.29 is 4.79 Å². The topological polar surface area (TPSA) is 63.9 Å². The van der Waals surface area contributed by atoms with Crippen molar-refractivity contribution >= 4 is 39.7 Å². The van der Waals surface area contributed by atoms with E-state index in [-0.39, 0.29) is 11.2 Å². The van der Waals surface area contributed by atoms with Crippen molar-refractivity contribution in [2.45, 2.75) is 37.2 Å². The first-order valence-electron chi connectivity index (χ1n) is 8.02. The number of benzene rings is 1. The second-order valence-electron chi connectivity index (χ2n) is 5.93. The average Bonchev–Trinajstić information content (AvgIpc) is 2.88. The van der Waals surface area contributed by atoms with Crippen molar-refractivity contribution in [1.29, 1.82) is 0 Å². The number of hydrogen-bond acceptors (Lipinski definition) is 5. The molecule has 2 heterocycles. The van der Waals surface area contributed by atoms with Gasteiger partial charge in [0.05, 0.1) is 10.8 Å². The summed E-state index contributed by atoms with van der Waals surface area (Å²) in [6.45, 7) is 4.88. The van der Waals surface area contributed by atoms with Gasteiger partial charge in [0, 0.05) is 26.0 Å². The molecule has 0 spiro atoms. The maximum absolute atomic E-state index is 12.0. The van der Waals surface area contributed by atoms with Gasteiger partial charge >= 0.3 is 0 Å². The van der Waals surface area contributed by atoms with E-state index in [2.05, 4.69) is 27.8 Å². The third-order valence-corrected chi connectivity index (χ3v) is 4.81. The Balaban J connectivity index is 2.05. The van der Waals surface area contributed by atoms with Gasteiger partial charge < -0.3 is 9.47 Å². The highest BCUT2D eigenvalue weighted by Crippen LogP contribution is 2.28. The highest BCUT2D eigenvalue weighted by atomic mass is 32.2. The van der Waals surface area contributed by atoms with Gasteiger partial charge in [0.15, 0.2) is 5.65 Å². The first-order valence-corrected chi connectivity index (χ1v) is 8.90. The molecule has 24 heavy (non-hydrogen) atoms. The lowest BCUT2D eigenvalue weighted by Crippen LogP contribution is -2.29. The van der Waals surface area contributed by atoms with Gasteiger partial charge in [-0.2, -0.15) is 0 Å². The van der Waals surface area contributed by atoms with Crippen molar-refractivity contribution in [3.63, 3.8) is 0 Å². The van der Waals surface area contributed by atoms with E-state index in [4.69, 9.17) is 4.98 Å². The van der Waals surface area contributed by atoms with Crippen LogP contribution in [0, 0.1) is 0 Å². The summed E-state index contributed by atoms with van der Waals surface area (Å²) in [5.41, 5.74) is 2.77. The molecule has 0 aliphatic rings. The number of amides is 1. The molecule has 1 amide bonds. The molecule has 2 aromatic heterocycles. The van der Waals surface area contributed by atoms with Crippen LogP contribution in [0.15, 0.2) is 29.4 Å². The van der Waals surface area contributed by atoms with E-state index in [1.165, 1.54) is 11.8 Å². The lowest BCUT2D eigenvalue weighted by molar-refractivity contribution is -0.127. The van der Waals surface area contributed by atoms with Crippen LogP contribution in [0.4, 0.5) is 0 Å². The highest BCUT2D eigenvalue weighted by molar-refractivity contribution is 8.00. The van der Waals surface area contributed by atoms with Gasteiger partial charge in [-0.25, -0.2) is 4.98 Å². The summed E-state index contributed by atoms with van der Waals surface area (Å²) < 4.78 is 2.18. The maximum atomic E-state index is 12.0. The molecule has 7 heteroatoms. The number of rotatable bonds is 5. The Morgan fingerprint density at radius 2 is 2.04 bits per heavy atom. The van der Waals surface area contributed by atoms with Crippen LogP contribution in [-0.4, -0.2) is 49.9 Å². The third-order valence-electron chi connectivity index (χ3n) is 3.87. The van der Waals surface area contributed by atoms with Crippen LogP contribution in [0.2, 0.25) is 0 Å². The van der Waals surface area contributed by atoms with Gasteiger partial charge in [0.2, 0.25) is 11.1 Å². The van der Waals surface area contributed by atoms with Crippen LogP contribution >= 0.6 is 11.8 Å². The van der Waals surface area contributed by atoms with Gasteiger partial charge in [-0.1, -0.05) is 36.9 Å². The lowest BCUT2D eigenvalue weighted by Gasteiger charge is -2.15. The van der Waals surface area contributed by atoms with Crippen LogP contribution in [0.25, 0.3) is 22.1 Å². The largest absolute Gasteiger partial charge is 0.348 e. The molecular formula is C17H21N5OS. The second kappa shape index (κ2) is 6.76. The lowest BCUT2D eigenvalue weighted by atomic mass is 10.2. The van der Waals surface area contributed by atoms with Crippen molar-refractivity contribution in [3.8, 4) is 0 Å². The second-order valence-corrected chi connectivity index (χ2v) is 7.24. The number of thioether (sulfide) groups is 1. The zero-order chi connectivity index (χ0) is 17.3. The van der Waals surface area contributed by atoms with E-state index >= 15 is 0 Å². The Labute approximate surface area is 145 Å². The van der Waals surface area contributed by atoms with Crippen LogP contribution in [0.5, 0.6) is 0 Å². The van der Waals surface area contributed by atoms with E-state index in [9.17, 15) is 4.79 Å². The molecular weight excluding hydrogens is 322 g/mol. The molecule has 0 bridgehead atoms. The fourth-order valence-corrected chi connectivity index (χ4v) is 3.62. The minimum atomic E-state index is -0.247. The maximum Gasteiger partial charge on any atom is 0.235 e. The molecule has 126 valence electrons. The molecule has 6 nitrogen and oxygen atoms in total. The molecule has 0 N–H and O–H groups in total. The Hall–Kier alpha value is -2.15. The summed E-state index contributed by atoms with van der Waals surface area (Å²) in [7, 11) is 3.50. The van der Waals surface area contributed by atoms with Crippen LogP contribution < -0.4 is 0 Å². The predicted octanol–water partition coefficient (Wildman–Crippen LogP) is 2.96. The average molecular weight is 343 g/mol. The summed E-state index contributed by atoms with van der Waals surface area (Å²) >= 11 is 1.34. The molecule has 0 aliphatic heterocycles. The minimum Gasteiger partial charge on any atom is -0.348 e. The van der Waals surface area contributed by atoms with Crippen LogP contribution in [0.3, 0.4) is 0 Å². The number of hydrogen-bond donors (Lipinski definition) is 0. The van der Waals surface area contributed by atoms with E-state index < -0.39 is 0 Å². The fourth-order valence-electron chi connectivity index (χ4n) is 2.76. The molecule has 3 rings (SSSR count). The molecule has 0 aliphatic carbocycles. The summed E-state index contributed by atoms with van der Waals surface area (Å²) in [5, 5.41) is 9.97. The molecule has 0 radical (unpaired) electrons. The number of nitrogens with zero attached hydrogens (tertiary/aromatic N) is 5. The number of fused-ring (bicyclic) bond motifs is 3. The van der Waals surface area contributed by atoms with Gasteiger partial charge in [-0.15, -0.1) is 10.2 Å². The monoisotopic (exact) mass is 343 g/mol. The number of carbonyl (C=O) groups is 1. The zero-order valence-electron chi connectivity index (χ0n) is 14.4. The Kier molecular flexibility index (Phi) is 4.71. The van der Waals surface area contributed by atoms with Gasteiger partial charge in [0.1, 0.15) is 5.52 Å². The van der Waals surface area contributed by atoms with E-state index in [1.54, 1.807) is 19.0 Å². The van der Waals surface area contributed by atoms with Crippen molar-refractivity contribution in [3.05, 3.63) is 24.3 Å². The van der Waals surface area contributed by atoms with E-state index in [0.29, 0.717) is 5.16 Å². The van der Waals surface area contributed by atoms with Crippen molar-refractivity contribution in [2.24, 2.45) is 0 Å². The smallest absolute Gasteiger partial charge is 0.235 e. The van der Waals surface area contributed by atoms with Crippen molar-refractivity contribution in [2.75, 3.05) is 14.1 Å². The zero-order valence-corrected chi connectivity index (χ0v) is 15.2. The quantitative estimate of drug-likeness (QED) is 0.667. The Morgan fingerprint density at radius 1 is 1.29 bits per heavy atom. The minimum absolute atomic E-state index is 0.0396. The number of aromatic nitrogens is 4. The summed E-state index contributed by atoms with van der Waals surface area (Å²) in [6.07, 6.45) is 1.01. The summed E-state index contributed by atoms with van der Waals surface area (Å²) in [6, 6.07) is 8.15. The number of carbonyl (C=O) groups excluding carboxylic acids is 1. The molecule has 1 unspecified atom stereocenters. The predicted molar refractivity (Wildman–Crippen MR) is 97.1 cm³/mol. The summed E-state index contributed by atoms with van der Waals surface area (Å²) in [4.78, 5) is 18.3. The SMILES string of the molecule is CCCn1c2ccccc2c2nnc(SC(C)C(=O)N(C)C)nc21. The van der Waals surface area contributed by atoms with Crippen LogP contribution in [-0.2, 0) is 11.3 Å². The van der Waals surface area contributed by atoms with E-state index in [0.717, 1.165) is 35.0 Å². The van der Waals surface area contributed by atoms with Crippen LogP contribution in [0.1, 0.15) is 20.3 Å². The van der Waals surface area contributed by atoms with Crippen molar-refractivity contribution in [1.82, 2.24) is 24.6 Å². The Bertz CT molecular complexity index is 889. The Morgan fingerprint density at radius 3 is 2.75 bits per heavy atom. The molecule has 0 saturated heterocycles. The fraction of sp³-hybridized carbons (Fsp3) is 0.412. The van der Waals surface area contributed by atoms with Gasteiger partial charge in [-0.05, 0) is 19.4 Å². The number of para-hydroxylation sites is 1. The standard InChI is InChI=1S/C17H21N5OS/c1-5-10-22-13-9-7-6-8-12(13)14-15(22)18-17(20-19-14)24-11(2)16(23)21(3)4/h6-9,11H,5,10H2,1-4H3.